The number of ether oxygens (including phenoxy) is 3. The summed E-state index contributed by atoms with van der Waals surface area (Å²) in [6.07, 6.45) is -1.19. The third-order valence-electron chi connectivity index (χ3n) is 3.29. The molecule has 2 aromatic rings. The van der Waals surface area contributed by atoms with Crippen LogP contribution in [-0.4, -0.2) is 24.7 Å². The molecule has 0 saturated heterocycles. The van der Waals surface area contributed by atoms with Crippen LogP contribution < -0.4 is 9.47 Å². The fraction of sp³-hybridized carbons (Fsp3) is 0.278. The van der Waals surface area contributed by atoms with Crippen LogP contribution >= 0.6 is 0 Å². The molecule has 5 nitrogen and oxygen atoms in total. The van der Waals surface area contributed by atoms with Crippen LogP contribution in [0.15, 0.2) is 48.5 Å². The molecule has 0 aliphatic rings. The molecule has 2 N–H and O–H groups in total. The summed E-state index contributed by atoms with van der Waals surface area (Å²) in [7, 11) is 1.51. The fourth-order valence-electron chi connectivity index (χ4n) is 2.13. The molecule has 0 heterocycles. The highest BCUT2D eigenvalue weighted by molar-refractivity contribution is 5.80. The van der Waals surface area contributed by atoms with Crippen molar-refractivity contribution >= 4 is 5.90 Å². The number of aliphatic hydroxyl groups is 1. The van der Waals surface area contributed by atoms with Crippen molar-refractivity contribution < 1.29 is 19.3 Å². The van der Waals surface area contributed by atoms with E-state index >= 15 is 0 Å². The van der Waals surface area contributed by atoms with E-state index in [0.29, 0.717) is 30.3 Å². The molecular weight excluding hydrogens is 294 g/mol. The first-order chi connectivity index (χ1) is 11.2. The Bertz CT molecular complexity index is 643. The van der Waals surface area contributed by atoms with Crippen molar-refractivity contribution in [3.63, 3.8) is 0 Å². The minimum Gasteiger partial charge on any atom is -0.496 e. The molecule has 0 fully saturated rings. The lowest BCUT2D eigenvalue weighted by atomic mass is 10.1. The first-order valence-corrected chi connectivity index (χ1v) is 7.39. The highest BCUT2D eigenvalue weighted by Crippen LogP contribution is 2.30. The molecule has 23 heavy (non-hydrogen) atoms. The van der Waals surface area contributed by atoms with Gasteiger partial charge in [-0.25, -0.2) is 0 Å². The summed E-state index contributed by atoms with van der Waals surface area (Å²) in [5.41, 5.74) is 1.49. The Morgan fingerprint density at radius 2 is 1.91 bits per heavy atom. The largest absolute Gasteiger partial charge is 0.496 e. The summed E-state index contributed by atoms with van der Waals surface area (Å²) in [5.74, 6) is 0.855. The van der Waals surface area contributed by atoms with Crippen molar-refractivity contribution in [3.05, 3.63) is 59.7 Å². The lowest BCUT2D eigenvalue weighted by Gasteiger charge is -2.17. The van der Waals surface area contributed by atoms with Crippen LogP contribution in [0.1, 0.15) is 24.2 Å². The molecule has 0 aromatic heterocycles. The molecule has 1 atom stereocenters. The Kier molecular flexibility index (Phi) is 6.00. The Hall–Kier alpha value is -2.53. The Morgan fingerprint density at radius 1 is 1.17 bits per heavy atom. The molecule has 0 bridgehead atoms. The van der Waals surface area contributed by atoms with Gasteiger partial charge in [0.15, 0.2) is 6.10 Å². The van der Waals surface area contributed by atoms with Gasteiger partial charge in [0.25, 0.3) is 0 Å². The maximum atomic E-state index is 10.3. The zero-order valence-corrected chi connectivity index (χ0v) is 13.3. The number of nitrogens with one attached hydrogen (secondary N) is 1. The van der Waals surface area contributed by atoms with Crippen LogP contribution in [0.4, 0.5) is 0 Å². The Morgan fingerprint density at radius 3 is 2.57 bits per heavy atom. The monoisotopic (exact) mass is 315 g/mol. The second-order valence-corrected chi connectivity index (χ2v) is 4.88. The topological polar surface area (TPSA) is 71.8 Å². The number of aliphatic hydroxyl groups excluding tert-OH is 1. The molecule has 1 unspecified atom stereocenters. The number of hydrogen-bond acceptors (Lipinski definition) is 5. The summed E-state index contributed by atoms with van der Waals surface area (Å²) >= 11 is 0. The molecule has 5 heteroatoms. The average molecular weight is 315 g/mol. The molecule has 0 radical (unpaired) electrons. The van der Waals surface area contributed by atoms with E-state index in [-0.39, 0.29) is 5.90 Å². The Labute approximate surface area is 135 Å². The normalized spacial score (nSPS) is 11.6. The van der Waals surface area contributed by atoms with Crippen LogP contribution in [0.2, 0.25) is 0 Å². The maximum Gasteiger partial charge on any atom is 0.215 e. The summed E-state index contributed by atoms with van der Waals surface area (Å²) < 4.78 is 16.1. The predicted octanol–water partition coefficient (Wildman–Crippen LogP) is 3.32. The fourth-order valence-corrected chi connectivity index (χ4v) is 2.13. The summed E-state index contributed by atoms with van der Waals surface area (Å²) in [4.78, 5) is 0. The van der Waals surface area contributed by atoms with E-state index in [4.69, 9.17) is 19.6 Å². The molecular formula is C18H21NO4. The van der Waals surface area contributed by atoms with E-state index in [9.17, 15) is 5.11 Å². The van der Waals surface area contributed by atoms with E-state index in [0.717, 1.165) is 5.56 Å². The molecule has 0 aliphatic carbocycles. The highest BCUT2D eigenvalue weighted by Gasteiger charge is 2.20. The average Bonchev–Trinajstić information content (AvgIpc) is 2.60. The number of benzene rings is 2. The van der Waals surface area contributed by atoms with Gasteiger partial charge in [0.2, 0.25) is 5.90 Å². The van der Waals surface area contributed by atoms with E-state index in [1.54, 1.807) is 25.1 Å². The van der Waals surface area contributed by atoms with Gasteiger partial charge >= 0.3 is 0 Å². The van der Waals surface area contributed by atoms with Crippen LogP contribution in [0.5, 0.6) is 11.5 Å². The molecule has 0 aliphatic heterocycles. The quantitative estimate of drug-likeness (QED) is 0.607. The van der Waals surface area contributed by atoms with Crippen molar-refractivity contribution in [2.24, 2.45) is 0 Å². The van der Waals surface area contributed by atoms with Gasteiger partial charge in [-0.05, 0) is 30.7 Å². The number of hydrogen-bond donors (Lipinski definition) is 2. The highest BCUT2D eigenvalue weighted by atomic mass is 16.5. The predicted molar refractivity (Wildman–Crippen MR) is 88.1 cm³/mol. The molecule has 0 spiro atoms. The maximum absolute atomic E-state index is 10.3. The van der Waals surface area contributed by atoms with Crippen LogP contribution in [0, 0.1) is 5.41 Å². The molecule has 0 amide bonds. The summed E-state index contributed by atoms with van der Waals surface area (Å²) in [6.45, 7) is 2.51. The third kappa shape index (κ3) is 4.47. The van der Waals surface area contributed by atoms with Crippen molar-refractivity contribution in [1.29, 1.82) is 5.41 Å². The second-order valence-electron chi connectivity index (χ2n) is 4.88. The number of methoxy groups -OCH3 is 1. The van der Waals surface area contributed by atoms with Crippen LogP contribution in [0.3, 0.4) is 0 Å². The van der Waals surface area contributed by atoms with Gasteiger partial charge in [-0.3, -0.25) is 5.41 Å². The van der Waals surface area contributed by atoms with E-state index in [1.165, 1.54) is 7.11 Å². The smallest absolute Gasteiger partial charge is 0.215 e. The van der Waals surface area contributed by atoms with Gasteiger partial charge in [-0.2, -0.15) is 0 Å². The first kappa shape index (κ1) is 16.8. The zero-order valence-electron chi connectivity index (χ0n) is 13.3. The molecule has 122 valence electrons. The van der Waals surface area contributed by atoms with E-state index in [1.807, 2.05) is 30.3 Å². The van der Waals surface area contributed by atoms with Crippen molar-refractivity contribution in [2.75, 3.05) is 13.7 Å². The van der Waals surface area contributed by atoms with E-state index in [2.05, 4.69) is 0 Å². The van der Waals surface area contributed by atoms with Gasteiger partial charge < -0.3 is 19.3 Å². The van der Waals surface area contributed by atoms with Crippen molar-refractivity contribution in [1.82, 2.24) is 0 Å². The lowest BCUT2D eigenvalue weighted by Crippen LogP contribution is -2.15. The minimum absolute atomic E-state index is 0.217. The number of rotatable bonds is 7. The molecule has 0 saturated carbocycles. The standard InChI is InChI=1S/C18H21NO4/c1-3-22-18(19)17(20)15-11-14(9-10-16(15)21-2)23-12-13-7-5-4-6-8-13/h4-11,17,19-20H,3,12H2,1-2H3. The van der Waals surface area contributed by atoms with E-state index < -0.39 is 6.10 Å². The Balaban J connectivity index is 2.16. The SMILES string of the molecule is CCOC(=N)C(O)c1cc(OCc2ccccc2)ccc1OC. The second kappa shape index (κ2) is 8.19. The third-order valence-corrected chi connectivity index (χ3v) is 3.29. The summed E-state index contributed by atoms with van der Waals surface area (Å²) in [6, 6.07) is 14.9. The van der Waals surface area contributed by atoms with Crippen molar-refractivity contribution in [2.45, 2.75) is 19.6 Å². The first-order valence-electron chi connectivity index (χ1n) is 7.39. The lowest BCUT2D eigenvalue weighted by molar-refractivity contribution is 0.186. The minimum atomic E-state index is -1.19. The van der Waals surface area contributed by atoms with Gasteiger partial charge in [0.05, 0.1) is 13.7 Å². The van der Waals surface area contributed by atoms with Gasteiger partial charge in [0, 0.05) is 5.56 Å². The molecule has 2 rings (SSSR count). The van der Waals surface area contributed by atoms with Gasteiger partial charge in [-0.1, -0.05) is 30.3 Å². The van der Waals surface area contributed by atoms with Crippen LogP contribution in [-0.2, 0) is 11.3 Å². The summed E-state index contributed by atoms with van der Waals surface area (Å²) in [5, 5.41) is 18.0. The van der Waals surface area contributed by atoms with Crippen LogP contribution in [0.25, 0.3) is 0 Å². The zero-order chi connectivity index (χ0) is 16.7. The molecule has 2 aromatic carbocycles. The van der Waals surface area contributed by atoms with Gasteiger partial charge in [-0.15, -0.1) is 0 Å². The van der Waals surface area contributed by atoms with Crippen molar-refractivity contribution in [3.8, 4) is 11.5 Å². The van der Waals surface area contributed by atoms with Gasteiger partial charge in [0.1, 0.15) is 18.1 Å².